The quantitative estimate of drug-likeness (QED) is 0.188. The van der Waals surface area contributed by atoms with Gasteiger partial charge >= 0.3 is 6.18 Å². The van der Waals surface area contributed by atoms with Crippen LogP contribution >= 0.6 is 22.7 Å². The highest BCUT2D eigenvalue weighted by Crippen LogP contribution is 2.46. The predicted molar refractivity (Wildman–Crippen MR) is 97.9 cm³/mol. The van der Waals surface area contributed by atoms with Crippen molar-refractivity contribution >= 4 is 34.2 Å². The number of aromatic nitrogens is 2. The number of ketones is 1. The molecule has 1 aliphatic carbocycles. The molecule has 27 heavy (non-hydrogen) atoms. The second-order valence-electron chi connectivity index (χ2n) is 6.37. The number of carbonyl (C=O) groups excluding carboxylic acids is 1. The molecule has 1 fully saturated rings. The van der Waals surface area contributed by atoms with Crippen LogP contribution in [0.5, 0.6) is 0 Å². The third-order valence-electron chi connectivity index (χ3n) is 4.25. The van der Waals surface area contributed by atoms with Crippen molar-refractivity contribution in [3.05, 3.63) is 22.1 Å². The molecule has 1 aliphatic rings. The highest BCUT2D eigenvalue weighted by atomic mass is 32.1. The minimum absolute atomic E-state index is 0.0668. The molecular weight excluding hydrogens is 399 g/mol. The SMILES string of the molecule is O=C(CCCCC/C(=N/O)C(F)(F)F)c1nc(-c2nccs2)sc1C1CC1. The van der Waals surface area contributed by atoms with E-state index in [-0.39, 0.29) is 25.0 Å². The summed E-state index contributed by atoms with van der Waals surface area (Å²) in [5, 5.41) is 14.2. The van der Waals surface area contributed by atoms with E-state index in [1.165, 1.54) is 22.7 Å². The molecule has 1 N–H and O–H groups in total. The average Bonchev–Trinajstić information content (AvgIpc) is 3.14. The fourth-order valence-electron chi connectivity index (χ4n) is 2.70. The minimum atomic E-state index is -4.61. The molecule has 0 aromatic carbocycles. The molecule has 2 aromatic rings. The van der Waals surface area contributed by atoms with Crippen molar-refractivity contribution in [1.29, 1.82) is 0 Å². The monoisotopic (exact) mass is 417 g/mol. The number of oxime groups is 1. The van der Waals surface area contributed by atoms with E-state index in [0.29, 0.717) is 24.5 Å². The molecule has 0 aliphatic heterocycles. The van der Waals surface area contributed by atoms with E-state index in [1.807, 2.05) is 5.38 Å². The maximum atomic E-state index is 12.6. The molecular formula is C17H18F3N3O2S2. The number of unbranched alkanes of at least 4 members (excludes halogenated alkanes) is 2. The van der Waals surface area contributed by atoms with Gasteiger partial charge in [0.1, 0.15) is 5.69 Å². The summed E-state index contributed by atoms with van der Waals surface area (Å²) in [7, 11) is 0. The van der Waals surface area contributed by atoms with Crippen LogP contribution in [0.2, 0.25) is 0 Å². The van der Waals surface area contributed by atoms with Crippen molar-refractivity contribution in [3.63, 3.8) is 0 Å². The summed E-state index contributed by atoms with van der Waals surface area (Å²) < 4.78 is 37.4. The number of nitrogens with zero attached hydrogens (tertiary/aromatic N) is 3. The summed E-state index contributed by atoms with van der Waals surface area (Å²) in [5.74, 6) is 0.327. The van der Waals surface area contributed by atoms with Gasteiger partial charge in [0.15, 0.2) is 21.5 Å². The normalized spacial score (nSPS) is 15.3. The zero-order valence-electron chi connectivity index (χ0n) is 14.3. The van der Waals surface area contributed by atoms with Gasteiger partial charge in [0.2, 0.25) is 0 Å². The van der Waals surface area contributed by atoms with Gasteiger partial charge in [0.05, 0.1) is 0 Å². The molecule has 0 atom stereocenters. The van der Waals surface area contributed by atoms with E-state index in [1.54, 1.807) is 6.20 Å². The van der Waals surface area contributed by atoms with E-state index in [0.717, 1.165) is 27.7 Å². The lowest BCUT2D eigenvalue weighted by atomic mass is 10.1. The first kappa shape index (κ1) is 19.9. The molecule has 0 amide bonds. The van der Waals surface area contributed by atoms with Crippen LogP contribution in [0.4, 0.5) is 13.2 Å². The third-order valence-corrected chi connectivity index (χ3v) is 6.38. The van der Waals surface area contributed by atoms with Crippen LogP contribution in [0.1, 0.15) is 66.2 Å². The maximum Gasteiger partial charge on any atom is 0.432 e. The number of alkyl halides is 3. The van der Waals surface area contributed by atoms with E-state index < -0.39 is 11.9 Å². The Bertz CT molecular complexity index is 812. The molecule has 5 nitrogen and oxygen atoms in total. The molecule has 0 radical (unpaired) electrons. The Labute approximate surface area is 162 Å². The number of hydrogen-bond donors (Lipinski definition) is 1. The molecule has 0 spiro atoms. The number of hydrogen-bond acceptors (Lipinski definition) is 7. The number of rotatable bonds is 9. The van der Waals surface area contributed by atoms with Gasteiger partial charge in [-0.15, -0.1) is 22.7 Å². The first-order valence-electron chi connectivity index (χ1n) is 8.62. The second-order valence-corrected chi connectivity index (χ2v) is 8.30. The van der Waals surface area contributed by atoms with Crippen LogP contribution in [-0.4, -0.2) is 32.8 Å². The van der Waals surface area contributed by atoms with Crippen LogP contribution in [0, 0.1) is 0 Å². The fraction of sp³-hybridized carbons (Fsp3) is 0.529. The van der Waals surface area contributed by atoms with Crippen molar-refractivity contribution < 1.29 is 23.2 Å². The summed E-state index contributed by atoms with van der Waals surface area (Å²) in [6, 6.07) is 0. The van der Waals surface area contributed by atoms with Gasteiger partial charge in [-0.2, -0.15) is 13.2 Å². The maximum absolute atomic E-state index is 12.6. The summed E-state index contributed by atoms with van der Waals surface area (Å²) in [5.41, 5.74) is -0.682. The Morgan fingerprint density at radius 2 is 1.96 bits per heavy atom. The van der Waals surface area contributed by atoms with Crippen molar-refractivity contribution in [3.8, 4) is 10.0 Å². The highest BCUT2D eigenvalue weighted by molar-refractivity contribution is 7.20. The Morgan fingerprint density at radius 3 is 2.56 bits per heavy atom. The standard InChI is InChI=1S/C17H18F3N3O2S2/c18-17(19,20)12(23-25)5-3-1-2-4-11(24)13-14(10-6-7-10)27-16(22-13)15-21-8-9-26-15/h8-10,25H,1-7H2/b23-12-. The van der Waals surface area contributed by atoms with E-state index in [9.17, 15) is 18.0 Å². The van der Waals surface area contributed by atoms with Gasteiger partial charge in [-0.25, -0.2) is 9.97 Å². The zero-order valence-corrected chi connectivity index (χ0v) is 16.0. The van der Waals surface area contributed by atoms with Crippen molar-refractivity contribution in [2.75, 3.05) is 0 Å². The largest absolute Gasteiger partial charge is 0.432 e. The van der Waals surface area contributed by atoms with Crippen LogP contribution in [0.3, 0.4) is 0 Å². The Kier molecular flexibility index (Phi) is 6.25. The molecule has 2 heterocycles. The van der Waals surface area contributed by atoms with Gasteiger partial charge in [0, 0.05) is 22.9 Å². The van der Waals surface area contributed by atoms with Gasteiger partial charge in [-0.05, 0) is 38.0 Å². The molecule has 3 rings (SSSR count). The van der Waals surface area contributed by atoms with Crippen LogP contribution in [-0.2, 0) is 0 Å². The summed E-state index contributed by atoms with van der Waals surface area (Å²) >= 11 is 2.99. The van der Waals surface area contributed by atoms with Crippen molar-refractivity contribution in [2.24, 2.45) is 5.16 Å². The molecule has 0 bridgehead atoms. The van der Waals surface area contributed by atoms with E-state index in [4.69, 9.17) is 5.21 Å². The Balaban J connectivity index is 1.54. The zero-order chi connectivity index (χ0) is 19.4. The lowest BCUT2D eigenvalue weighted by molar-refractivity contribution is -0.0628. The number of Topliss-reactive ketones (excluding diaryl/α,β-unsaturated/α-hetero) is 1. The van der Waals surface area contributed by atoms with Gasteiger partial charge in [0.25, 0.3) is 0 Å². The molecule has 2 aromatic heterocycles. The van der Waals surface area contributed by atoms with Gasteiger partial charge in [-0.3, -0.25) is 4.79 Å². The summed E-state index contributed by atoms with van der Waals surface area (Å²) in [6.07, 6.45) is 0.225. The Morgan fingerprint density at radius 1 is 1.22 bits per heavy atom. The van der Waals surface area contributed by atoms with Crippen LogP contribution in [0.15, 0.2) is 16.7 Å². The van der Waals surface area contributed by atoms with Gasteiger partial charge in [-0.1, -0.05) is 11.6 Å². The first-order valence-corrected chi connectivity index (χ1v) is 10.3. The van der Waals surface area contributed by atoms with E-state index in [2.05, 4.69) is 15.1 Å². The summed E-state index contributed by atoms with van der Waals surface area (Å²) in [4.78, 5) is 22.3. The lowest BCUT2D eigenvalue weighted by Crippen LogP contribution is -2.22. The highest BCUT2D eigenvalue weighted by Gasteiger charge is 2.35. The molecule has 146 valence electrons. The van der Waals surface area contributed by atoms with Crippen LogP contribution in [0.25, 0.3) is 10.0 Å². The van der Waals surface area contributed by atoms with Crippen molar-refractivity contribution in [2.45, 2.75) is 57.0 Å². The fourth-order valence-corrected chi connectivity index (χ4v) is 4.63. The van der Waals surface area contributed by atoms with Gasteiger partial charge < -0.3 is 5.21 Å². The minimum Gasteiger partial charge on any atom is -0.411 e. The molecule has 0 unspecified atom stereocenters. The lowest BCUT2D eigenvalue weighted by Gasteiger charge is -2.07. The Hall–Kier alpha value is -1.81. The smallest absolute Gasteiger partial charge is 0.411 e. The number of halogens is 3. The molecule has 10 heteroatoms. The average molecular weight is 417 g/mol. The second kappa shape index (κ2) is 8.47. The topological polar surface area (TPSA) is 75.4 Å². The van der Waals surface area contributed by atoms with Crippen molar-refractivity contribution in [1.82, 2.24) is 9.97 Å². The van der Waals surface area contributed by atoms with E-state index >= 15 is 0 Å². The molecule has 1 saturated carbocycles. The summed E-state index contributed by atoms with van der Waals surface area (Å²) in [6.45, 7) is 0. The first-order chi connectivity index (χ1) is 12.9. The third kappa shape index (κ3) is 5.13. The molecule has 0 saturated heterocycles. The number of carbonyl (C=O) groups is 1. The van der Waals surface area contributed by atoms with Crippen LogP contribution < -0.4 is 0 Å². The predicted octanol–water partition coefficient (Wildman–Crippen LogP) is 5.67. The number of thiazole rings is 2.